The molecule has 0 saturated carbocycles. The summed E-state index contributed by atoms with van der Waals surface area (Å²) in [6, 6.07) is 17.2. The monoisotopic (exact) mass is 1420 g/mol. The number of allylic oxidation sites excluding steroid dienone is 7. The third-order valence-corrected chi connectivity index (χ3v) is 19.4. The van der Waals surface area contributed by atoms with Crippen molar-refractivity contribution < 1.29 is 98.0 Å². The molecule has 0 unspecified atom stereocenters. The molecule has 99 heavy (non-hydrogen) atoms. The van der Waals surface area contributed by atoms with E-state index in [1.165, 1.54) is 42.0 Å². The molecule has 6 rings (SSSR count). The fourth-order valence-corrected chi connectivity index (χ4v) is 13.4. The summed E-state index contributed by atoms with van der Waals surface area (Å²) in [4.78, 5) is 89.6. The third kappa shape index (κ3) is 24.6. The molecule has 2 amide bonds. The topological polar surface area (TPSA) is 345 Å². The molecule has 0 saturated heterocycles. The summed E-state index contributed by atoms with van der Waals surface area (Å²) < 4.78 is 99.9. The molecular formula is C73H99N4O20S2+. The Bertz CT molecular complexity index is 3720. The number of amides is 2. The van der Waals surface area contributed by atoms with Gasteiger partial charge in [0.05, 0.1) is 54.3 Å². The highest BCUT2D eigenvalue weighted by atomic mass is 32.2. The lowest BCUT2D eigenvalue weighted by molar-refractivity contribution is -0.438. The number of nitrogens with one attached hydrogen (secondary N) is 2. The van der Waals surface area contributed by atoms with Gasteiger partial charge in [0.1, 0.15) is 37.1 Å². The minimum Gasteiger partial charge on any atom is -0.481 e. The van der Waals surface area contributed by atoms with Crippen LogP contribution in [0.2, 0.25) is 0 Å². The van der Waals surface area contributed by atoms with Crippen molar-refractivity contribution in [3.63, 3.8) is 0 Å². The Morgan fingerprint density at radius 2 is 1.31 bits per heavy atom. The first-order valence-corrected chi connectivity index (χ1v) is 37.0. The van der Waals surface area contributed by atoms with E-state index in [1.54, 1.807) is 6.07 Å². The first kappa shape index (κ1) is 80.4. The lowest BCUT2D eigenvalue weighted by Crippen LogP contribution is -2.44. The average molecular weight is 1420 g/mol. The zero-order chi connectivity index (χ0) is 72.3. The molecule has 0 bridgehead atoms. The Morgan fingerprint density at radius 1 is 0.646 bits per heavy atom. The van der Waals surface area contributed by atoms with Crippen LogP contribution in [0.3, 0.4) is 0 Å². The van der Waals surface area contributed by atoms with E-state index in [4.69, 9.17) is 23.7 Å². The summed E-state index contributed by atoms with van der Waals surface area (Å²) in [5.41, 5.74) is 6.21. The average Bonchev–Trinajstić information content (AvgIpc) is 1.60. The molecule has 2 aliphatic heterocycles. The number of Topliss-reactive ketones (excluding diaryl/α,β-unsaturated/α-hetero) is 3. The van der Waals surface area contributed by atoms with Crippen molar-refractivity contribution in [3.8, 4) is 5.75 Å². The van der Waals surface area contributed by atoms with Gasteiger partial charge >= 0.3 is 11.9 Å². The van der Waals surface area contributed by atoms with Gasteiger partial charge in [0, 0.05) is 105 Å². The number of carboxylic acid groups (broad SMARTS) is 2. The molecule has 3 aromatic carbocycles. The number of aliphatic carboxylic acids is 2. The molecule has 2 atom stereocenters. The van der Waals surface area contributed by atoms with Gasteiger partial charge in [-0.05, 0) is 143 Å². The van der Waals surface area contributed by atoms with Gasteiger partial charge in [0.2, 0.25) is 17.5 Å². The highest BCUT2D eigenvalue weighted by Gasteiger charge is 2.44. The first-order valence-electron chi connectivity index (χ1n) is 34.2. The van der Waals surface area contributed by atoms with Crippen LogP contribution in [0, 0.1) is 5.92 Å². The number of nitrogens with zero attached hydrogens (tertiary/aromatic N) is 2. The zero-order valence-corrected chi connectivity index (χ0v) is 59.5. The largest absolute Gasteiger partial charge is 0.481 e. The Hall–Kier alpha value is -7.56. The summed E-state index contributed by atoms with van der Waals surface area (Å²) in [6.45, 7) is 14.8. The lowest BCUT2D eigenvalue weighted by Gasteiger charge is -2.27. The van der Waals surface area contributed by atoms with Gasteiger partial charge < -0.3 is 49.4 Å². The number of hydrogen-bond acceptors (Lipinski definition) is 17. The van der Waals surface area contributed by atoms with Crippen LogP contribution in [-0.4, -0.2) is 166 Å². The molecule has 3 aromatic rings. The third-order valence-electron chi connectivity index (χ3n) is 17.7. The lowest BCUT2D eigenvalue weighted by atomic mass is 9.81. The van der Waals surface area contributed by atoms with E-state index in [2.05, 4.69) is 71.2 Å². The van der Waals surface area contributed by atoms with Crippen LogP contribution in [0.5, 0.6) is 5.75 Å². The molecule has 1 aliphatic carbocycles. The molecule has 24 nitrogen and oxygen atoms in total. The van der Waals surface area contributed by atoms with Gasteiger partial charge in [-0.1, -0.05) is 64.8 Å². The van der Waals surface area contributed by atoms with Crippen molar-refractivity contribution in [1.29, 1.82) is 0 Å². The van der Waals surface area contributed by atoms with E-state index >= 15 is 0 Å². The molecule has 3 aliphatic rings. The summed E-state index contributed by atoms with van der Waals surface area (Å²) in [5, 5.41) is 24.4. The standard InChI is InChI=1S/C73H98N4O20S2/c1-7-9-39-76-62-22-13-12-21-59(62)72(3,4)65(76)34-24-51-18-15-19-52(70(51)97-56-27-29-57(30-28-56)98(87,88)89)25-35-66-73(5,6)60-48-58(99(90,91)92)31-33-63(60)77(66)40-14-10-11-20-54(78)47-53(26-36-68(82)83)71(86)75-61(32-37-69(84)85)64(80)23-16-41-93-43-46-96-50-67(81)74-38-42-94-44-45-95-49-55(79)17-8-2/h12-13,21-22,24-25,27-31,33-35,48,53,61H,7-11,14-20,23,26,32,36-47,49-50H2,1-6H3,(H5-,74,75,81,82,83,84,85,86,87,88,89,90,91,92)/p+1/t53-,61+/m1/s1. The van der Waals surface area contributed by atoms with E-state index in [0.29, 0.717) is 67.8 Å². The predicted octanol–water partition coefficient (Wildman–Crippen LogP) is 10.3. The molecule has 2 heterocycles. The number of benzene rings is 3. The predicted molar refractivity (Wildman–Crippen MR) is 372 cm³/mol. The second-order valence-corrected chi connectivity index (χ2v) is 28.9. The van der Waals surface area contributed by atoms with Gasteiger partial charge in [0.15, 0.2) is 17.3 Å². The van der Waals surface area contributed by atoms with Crippen LogP contribution in [-0.2, 0) is 83.6 Å². The summed E-state index contributed by atoms with van der Waals surface area (Å²) in [7, 11) is -9.09. The van der Waals surface area contributed by atoms with Crippen LogP contribution in [0.25, 0.3) is 0 Å². The van der Waals surface area contributed by atoms with E-state index in [9.17, 15) is 69.7 Å². The maximum atomic E-state index is 13.9. The van der Waals surface area contributed by atoms with Gasteiger partial charge in [-0.2, -0.15) is 21.4 Å². The number of carbonyl (C=O) groups is 7. The number of unbranched alkanes of at least 4 members (excludes halogenated alkanes) is 3. The van der Waals surface area contributed by atoms with E-state index < -0.39 is 74.1 Å². The second-order valence-electron chi connectivity index (χ2n) is 26.0. The number of anilines is 1. The first-order chi connectivity index (χ1) is 47.1. The maximum absolute atomic E-state index is 13.9. The van der Waals surface area contributed by atoms with Gasteiger partial charge in [-0.3, -0.25) is 42.7 Å². The molecular weight excluding hydrogens is 1320 g/mol. The Labute approximate surface area is 581 Å². The molecule has 0 spiro atoms. The van der Waals surface area contributed by atoms with Crippen molar-refractivity contribution in [2.75, 3.05) is 77.4 Å². The zero-order valence-electron chi connectivity index (χ0n) is 57.9. The number of ketones is 3. The fourth-order valence-electron chi connectivity index (χ4n) is 12.4. The molecule has 542 valence electrons. The van der Waals surface area contributed by atoms with E-state index in [-0.39, 0.29) is 131 Å². The number of carboxylic acids is 2. The Kier molecular flexibility index (Phi) is 31.6. The smallest absolute Gasteiger partial charge is 0.303 e. The Balaban J connectivity index is 1.10. The molecule has 26 heteroatoms. The van der Waals surface area contributed by atoms with Crippen molar-refractivity contribution in [1.82, 2.24) is 10.6 Å². The minimum atomic E-state index is -4.60. The van der Waals surface area contributed by atoms with Crippen LogP contribution in [0.15, 0.2) is 123 Å². The normalized spacial score (nSPS) is 16.5. The SMILES string of the molecule is CCCC[N+]1=C(C=CC2=C(Oc3ccc(S(=O)(=O)O)cc3)C(=CC=C3N(CCCCCC(=O)C[C@@H](CCC(=O)O)C(=O)N[C@@H](CCC(=O)O)C(=O)CCCOCCOCC(=O)NCCOCCOCC(=O)CCC)c4ccc(S(=O)(=O)O)cc4C3(C)C)CCC2)C(C)(C)c2ccccc21. The van der Waals surface area contributed by atoms with Crippen molar-refractivity contribution in [2.45, 2.75) is 184 Å². The number of ether oxygens (including phenoxy) is 5. The van der Waals surface area contributed by atoms with Crippen LogP contribution in [0.1, 0.15) is 168 Å². The number of hydrogen-bond donors (Lipinski definition) is 6. The number of rotatable bonds is 46. The minimum absolute atomic E-state index is 0.0301. The molecule has 0 aromatic heterocycles. The Morgan fingerprint density at radius 3 is 2.00 bits per heavy atom. The highest BCUT2D eigenvalue weighted by Crippen LogP contribution is 2.49. The van der Waals surface area contributed by atoms with Crippen molar-refractivity contribution in [2.24, 2.45) is 5.92 Å². The summed E-state index contributed by atoms with van der Waals surface area (Å²) >= 11 is 0. The van der Waals surface area contributed by atoms with Gasteiger partial charge in [-0.15, -0.1) is 0 Å². The second kappa shape index (κ2) is 38.9. The van der Waals surface area contributed by atoms with Gasteiger partial charge in [-0.25, -0.2) is 0 Å². The number of fused-ring (bicyclic) bond motifs is 2. The van der Waals surface area contributed by atoms with Gasteiger partial charge in [0.25, 0.3) is 20.2 Å². The summed E-state index contributed by atoms with van der Waals surface area (Å²) in [5.74, 6) is -4.53. The number of carbonyl (C=O) groups excluding carboxylic acids is 5. The highest BCUT2D eigenvalue weighted by molar-refractivity contribution is 7.86. The van der Waals surface area contributed by atoms with Crippen LogP contribution < -0.4 is 20.3 Å². The number of para-hydroxylation sites is 1. The van der Waals surface area contributed by atoms with E-state index in [0.717, 1.165) is 60.5 Å². The molecule has 0 fully saturated rings. The van der Waals surface area contributed by atoms with Crippen molar-refractivity contribution in [3.05, 3.63) is 125 Å². The quantitative estimate of drug-likeness (QED) is 0.0174. The van der Waals surface area contributed by atoms with E-state index in [1.807, 2.05) is 39.0 Å². The fraction of sp³-hybridized carbons (Fsp3) is 0.534. The molecule has 0 radical (unpaired) electrons. The van der Waals surface area contributed by atoms with Crippen molar-refractivity contribution >= 4 is 78.4 Å². The van der Waals surface area contributed by atoms with Crippen LogP contribution >= 0.6 is 0 Å². The maximum Gasteiger partial charge on any atom is 0.303 e. The van der Waals surface area contributed by atoms with Crippen LogP contribution in [0.4, 0.5) is 11.4 Å². The summed E-state index contributed by atoms with van der Waals surface area (Å²) in [6.07, 6.45) is 13.3. The molecule has 6 N–H and O–H groups in total.